The Kier molecular flexibility index (Phi) is 2.70. The van der Waals surface area contributed by atoms with E-state index >= 15 is 0 Å². The van der Waals surface area contributed by atoms with E-state index in [1.165, 1.54) is 0 Å². The minimum atomic E-state index is -0.734. The molecule has 1 aromatic heterocycles. The number of aliphatic hydroxyl groups excluding tert-OH is 1. The van der Waals surface area contributed by atoms with Gasteiger partial charge >= 0.3 is 0 Å². The van der Waals surface area contributed by atoms with E-state index in [0.29, 0.717) is 0 Å². The highest BCUT2D eigenvalue weighted by atomic mass is 16.6. The van der Waals surface area contributed by atoms with Gasteiger partial charge in [-0.15, -0.1) is 0 Å². The topological polar surface area (TPSA) is 114 Å². The number of hydrogen-bond acceptors (Lipinski definition) is 6. The van der Waals surface area contributed by atoms with Crippen LogP contribution in [0.1, 0.15) is 24.3 Å². The molecule has 0 unspecified atom stereocenters. The highest BCUT2D eigenvalue weighted by Crippen LogP contribution is 2.07. The Morgan fingerprint density at radius 3 is 2.71 bits per heavy atom. The lowest BCUT2D eigenvalue weighted by molar-refractivity contribution is 0.0860. The summed E-state index contributed by atoms with van der Waals surface area (Å²) in [4.78, 5) is 11.4. The molecule has 0 aromatic carbocycles. The summed E-state index contributed by atoms with van der Waals surface area (Å²) < 4.78 is 4.27. The minimum absolute atomic E-state index is 0.0729. The molecule has 1 heterocycles. The molecule has 0 aliphatic carbocycles. The first-order valence-corrected chi connectivity index (χ1v) is 3.97. The Hall–Kier alpha value is -1.63. The van der Waals surface area contributed by atoms with Crippen molar-refractivity contribution in [1.29, 1.82) is 0 Å². The van der Waals surface area contributed by atoms with Crippen molar-refractivity contribution in [1.82, 2.24) is 15.6 Å². The summed E-state index contributed by atoms with van der Waals surface area (Å²) in [6, 6.07) is 0. The molecule has 0 aliphatic rings. The quantitative estimate of drug-likeness (QED) is 0.585. The lowest BCUT2D eigenvalue weighted by Gasteiger charge is -2.22. The number of rotatable bonds is 3. The molecule has 0 radical (unpaired) electrons. The Morgan fingerprint density at radius 2 is 2.29 bits per heavy atom. The van der Waals surface area contributed by atoms with Gasteiger partial charge in [-0.1, -0.05) is 0 Å². The van der Waals surface area contributed by atoms with E-state index in [4.69, 9.17) is 10.8 Å². The van der Waals surface area contributed by atoms with Gasteiger partial charge in [0.05, 0.1) is 12.1 Å². The van der Waals surface area contributed by atoms with Crippen LogP contribution in [-0.2, 0) is 0 Å². The zero-order valence-corrected chi connectivity index (χ0v) is 7.94. The molecule has 78 valence electrons. The van der Waals surface area contributed by atoms with Crippen LogP contribution < -0.4 is 11.1 Å². The summed E-state index contributed by atoms with van der Waals surface area (Å²) in [6.45, 7) is 3.13. The summed E-state index contributed by atoms with van der Waals surface area (Å²) >= 11 is 0. The summed E-state index contributed by atoms with van der Waals surface area (Å²) in [5.74, 6) is -0.598. The van der Waals surface area contributed by atoms with Gasteiger partial charge in [-0.25, -0.2) is 4.63 Å². The molecule has 0 saturated carbocycles. The summed E-state index contributed by atoms with van der Waals surface area (Å²) in [6.07, 6.45) is 0. The van der Waals surface area contributed by atoms with Crippen molar-refractivity contribution in [2.45, 2.75) is 19.4 Å². The van der Waals surface area contributed by atoms with E-state index < -0.39 is 11.4 Å². The van der Waals surface area contributed by atoms with Gasteiger partial charge in [0.25, 0.3) is 5.91 Å². The molecule has 0 bridgehead atoms. The van der Waals surface area contributed by atoms with E-state index in [1.54, 1.807) is 13.8 Å². The number of carbonyl (C=O) groups is 1. The SMILES string of the molecule is CC(C)(CO)NC(=O)c1nonc1N. The van der Waals surface area contributed by atoms with Crippen LogP contribution in [0.5, 0.6) is 0 Å². The highest BCUT2D eigenvalue weighted by molar-refractivity contribution is 5.96. The van der Waals surface area contributed by atoms with Crippen LogP contribution in [0.4, 0.5) is 5.82 Å². The maximum absolute atomic E-state index is 11.4. The fourth-order valence-electron chi connectivity index (χ4n) is 0.759. The molecule has 1 aromatic rings. The molecule has 0 atom stereocenters. The van der Waals surface area contributed by atoms with Crippen LogP contribution >= 0.6 is 0 Å². The molecule has 7 nitrogen and oxygen atoms in total. The maximum Gasteiger partial charge on any atom is 0.277 e. The molecule has 0 aliphatic heterocycles. The number of nitrogens with one attached hydrogen (secondary N) is 1. The number of hydrogen-bond donors (Lipinski definition) is 3. The van der Waals surface area contributed by atoms with Crippen molar-refractivity contribution in [3.05, 3.63) is 5.69 Å². The standard InChI is InChI=1S/C7H12N4O3/c1-7(2,3-12)9-6(13)4-5(8)11-14-10-4/h12H,3H2,1-2H3,(H2,8,11)(H,9,13). The third kappa shape index (κ3) is 2.19. The normalized spacial score (nSPS) is 11.4. The van der Waals surface area contributed by atoms with Gasteiger partial charge in [0.1, 0.15) is 0 Å². The number of anilines is 1. The second-order valence-corrected chi connectivity index (χ2v) is 3.49. The van der Waals surface area contributed by atoms with Gasteiger partial charge in [-0.3, -0.25) is 4.79 Å². The van der Waals surface area contributed by atoms with Gasteiger partial charge < -0.3 is 16.2 Å². The van der Waals surface area contributed by atoms with Crippen molar-refractivity contribution in [3.63, 3.8) is 0 Å². The Bertz CT molecular complexity index is 333. The van der Waals surface area contributed by atoms with Crippen LogP contribution in [0.2, 0.25) is 0 Å². The lowest BCUT2D eigenvalue weighted by Crippen LogP contribution is -2.46. The smallest absolute Gasteiger partial charge is 0.277 e. The zero-order chi connectivity index (χ0) is 10.8. The first-order chi connectivity index (χ1) is 6.46. The van der Waals surface area contributed by atoms with Gasteiger partial charge in [-0.05, 0) is 24.2 Å². The number of nitrogens with two attached hydrogens (primary N) is 1. The van der Waals surface area contributed by atoms with Crippen molar-refractivity contribution in [2.24, 2.45) is 0 Å². The lowest BCUT2D eigenvalue weighted by atomic mass is 10.1. The number of nitrogens with zero attached hydrogens (tertiary/aromatic N) is 2. The Balaban J connectivity index is 2.73. The molecule has 0 fully saturated rings. The molecular formula is C7H12N4O3. The third-order valence-electron chi connectivity index (χ3n) is 1.58. The van der Waals surface area contributed by atoms with E-state index in [2.05, 4.69) is 20.3 Å². The van der Waals surface area contributed by atoms with Crippen LogP contribution in [0.25, 0.3) is 0 Å². The van der Waals surface area contributed by atoms with Crippen molar-refractivity contribution >= 4 is 11.7 Å². The van der Waals surface area contributed by atoms with E-state index in [9.17, 15) is 4.79 Å². The molecule has 4 N–H and O–H groups in total. The van der Waals surface area contributed by atoms with Gasteiger partial charge in [0.2, 0.25) is 11.5 Å². The fourth-order valence-corrected chi connectivity index (χ4v) is 0.759. The van der Waals surface area contributed by atoms with Crippen LogP contribution in [0.3, 0.4) is 0 Å². The minimum Gasteiger partial charge on any atom is -0.394 e. The van der Waals surface area contributed by atoms with Gasteiger partial charge in [0, 0.05) is 0 Å². The van der Waals surface area contributed by atoms with Gasteiger partial charge in [0.15, 0.2) is 0 Å². The predicted molar refractivity (Wildman–Crippen MR) is 47.3 cm³/mol. The summed E-state index contributed by atoms with van der Waals surface area (Å²) in [5, 5.41) is 18.0. The third-order valence-corrected chi connectivity index (χ3v) is 1.58. The van der Waals surface area contributed by atoms with Crippen molar-refractivity contribution in [3.8, 4) is 0 Å². The van der Waals surface area contributed by atoms with Gasteiger partial charge in [-0.2, -0.15) is 0 Å². The molecule has 1 amide bonds. The summed E-state index contributed by atoms with van der Waals surface area (Å²) in [5.41, 5.74) is 4.50. The zero-order valence-electron chi connectivity index (χ0n) is 7.94. The number of carbonyl (C=O) groups excluding carboxylic acids is 1. The largest absolute Gasteiger partial charge is 0.394 e. The second kappa shape index (κ2) is 3.62. The van der Waals surface area contributed by atoms with Crippen LogP contribution in [0.15, 0.2) is 4.63 Å². The number of aromatic nitrogens is 2. The molecule has 7 heteroatoms. The molecule has 1 rings (SSSR count). The molecular weight excluding hydrogens is 188 g/mol. The molecule has 14 heavy (non-hydrogen) atoms. The maximum atomic E-state index is 11.4. The average molecular weight is 200 g/mol. The van der Waals surface area contributed by atoms with E-state index in [1.807, 2.05) is 0 Å². The van der Waals surface area contributed by atoms with Crippen molar-refractivity contribution < 1.29 is 14.5 Å². The second-order valence-electron chi connectivity index (χ2n) is 3.49. The number of aliphatic hydroxyl groups is 1. The molecule has 0 spiro atoms. The number of amides is 1. The monoisotopic (exact) mass is 200 g/mol. The number of nitrogen functional groups attached to an aromatic ring is 1. The first-order valence-electron chi connectivity index (χ1n) is 3.97. The predicted octanol–water partition coefficient (Wildman–Crippen LogP) is -0.848. The Morgan fingerprint density at radius 1 is 1.64 bits per heavy atom. The van der Waals surface area contributed by atoms with Crippen molar-refractivity contribution in [2.75, 3.05) is 12.3 Å². The van der Waals surface area contributed by atoms with E-state index in [0.717, 1.165) is 0 Å². The van der Waals surface area contributed by atoms with Crippen LogP contribution in [0, 0.1) is 0 Å². The average Bonchev–Trinajstić information content (AvgIpc) is 2.51. The molecule has 0 saturated heterocycles. The first kappa shape index (κ1) is 10.5. The highest BCUT2D eigenvalue weighted by Gasteiger charge is 2.23. The Labute approximate surface area is 80.2 Å². The fraction of sp³-hybridized carbons (Fsp3) is 0.571. The van der Waals surface area contributed by atoms with Crippen LogP contribution in [-0.4, -0.2) is 33.5 Å². The van der Waals surface area contributed by atoms with E-state index in [-0.39, 0.29) is 18.1 Å². The summed E-state index contributed by atoms with van der Waals surface area (Å²) in [7, 11) is 0.